The van der Waals surface area contributed by atoms with Gasteiger partial charge in [0.15, 0.2) is 5.78 Å². The van der Waals surface area contributed by atoms with E-state index < -0.39 is 0 Å². The van der Waals surface area contributed by atoms with Crippen LogP contribution in [-0.4, -0.2) is 31.2 Å². The minimum atomic E-state index is -0.0695. The molecule has 0 aromatic heterocycles. The zero-order valence-corrected chi connectivity index (χ0v) is 10.6. The van der Waals surface area contributed by atoms with Crippen LogP contribution in [0.4, 0.5) is 0 Å². The summed E-state index contributed by atoms with van der Waals surface area (Å²) in [6.07, 6.45) is 0.967. The molecule has 0 aromatic carbocycles. The van der Waals surface area contributed by atoms with Crippen molar-refractivity contribution in [3.05, 3.63) is 0 Å². The topological polar surface area (TPSA) is 35.5 Å². The normalized spacial score (nSPS) is 13.9. The Balaban J connectivity index is 3.41. The zero-order valence-electron chi connectivity index (χ0n) is 10.6. The van der Waals surface area contributed by atoms with Gasteiger partial charge >= 0.3 is 0 Å². The maximum Gasteiger partial charge on any atom is 0.155 e. The lowest BCUT2D eigenvalue weighted by atomic mass is 10.1. The van der Waals surface area contributed by atoms with Crippen molar-refractivity contribution in [3.8, 4) is 0 Å². The Bertz CT molecular complexity index is 182. The molecule has 1 unspecified atom stereocenters. The molecule has 0 rings (SSSR count). The van der Waals surface area contributed by atoms with Crippen molar-refractivity contribution in [2.24, 2.45) is 5.92 Å². The van der Waals surface area contributed by atoms with E-state index in [4.69, 9.17) is 9.47 Å². The number of ketones is 1. The molecule has 0 aliphatic rings. The zero-order chi connectivity index (χ0) is 11.9. The van der Waals surface area contributed by atoms with Crippen LogP contribution in [0.3, 0.4) is 0 Å². The van der Waals surface area contributed by atoms with Crippen molar-refractivity contribution in [2.75, 3.05) is 19.8 Å². The molecule has 0 fully saturated rings. The van der Waals surface area contributed by atoms with Gasteiger partial charge in [0.2, 0.25) is 0 Å². The van der Waals surface area contributed by atoms with Crippen molar-refractivity contribution < 1.29 is 14.3 Å². The number of rotatable bonds is 7. The molecule has 1 atom stereocenters. The largest absolute Gasteiger partial charge is 0.376 e. The molecule has 0 amide bonds. The predicted octanol–water partition coefficient (Wildman–Crippen LogP) is 2.43. The highest BCUT2D eigenvalue weighted by Gasteiger charge is 2.11. The monoisotopic (exact) mass is 216 g/mol. The van der Waals surface area contributed by atoms with Gasteiger partial charge in [-0.15, -0.1) is 0 Å². The van der Waals surface area contributed by atoms with Crippen LogP contribution in [0.1, 0.15) is 41.0 Å². The highest BCUT2D eigenvalue weighted by Crippen LogP contribution is 2.10. The van der Waals surface area contributed by atoms with Gasteiger partial charge in [0.25, 0.3) is 0 Å². The number of ether oxygens (including phenoxy) is 2. The van der Waals surface area contributed by atoms with Gasteiger partial charge in [-0.3, -0.25) is 4.79 Å². The lowest BCUT2D eigenvalue weighted by molar-refractivity contribution is -0.121. The fourth-order valence-electron chi connectivity index (χ4n) is 1.05. The van der Waals surface area contributed by atoms with Crippen LogP contribution in [0.5, 0.6) is 0 Å². The maximum atomic E-state index is 10.6. The first-order chi connectivity index (χ1) is 6.81. The highest BCUT2D eigenvalue weighted by molar-refractivity contribution is 5.76. The highest BCUT2D eigenvalue weighted by atomic mass is 16.5. The maximum absolute atomic E-state index is 10.6. The molecule has 0 saturated carbocycles. The first-order valence-electron chi connectivity index (χ1n) is 5.52. The molecule has 0 aliphatic heterocycles. The van der Waals surface area contributed by atoms with E-state index in [-0.39, 0.29) is 18.0 Å². The lowest BCUT2D eigenvalue weighted by Crippen LogP contribution is -2.21. The minimum Gasteiger partial charge on any atom is -0.376 e. The molecule has 0 saturated heterocycles. The van der Waals surface area contributed by atoms with Crippen molar-refractivity contribution in [2.45, 2.75) is 46.6 Å². The number of Topliss-reactive ketones (excluding diaryl/α,β-unsaturated/α-hetero) is 1. The van der Waals surface area contributed by atoms with E-state index in [1.54, 1.807) is 0 Å². The second-order valence-electron chi connectivity index (χ2n) is 5.07. The van der Waals surface area contributed by atoms with Gasteiger partial charge in [-0.2, -0.15) is 0 Å². The average molecular weight is 216 g/mol. The third-order valence-corrected chi connectivity index (χ3v) is 1.85. The smallest absolute Gasteiger partial charge is 0.155 e. The van der Waals surface area contributed by atoms with Crippen molar-refractivity contribution >= 4 is 5.78 Å². The first-order valence-corrected chi connectivity index (χ1v) is 5.52. The minimum absolute atomic E-state index is 0.0695. The van der Waals surface area contributed by atoms with Gasteiger partial charge < -0.3 is 9.47 Å². The van der Waals surface area contributed by atoms with Crippen LogP contribution < -0.4 is 0 Å². The molecule has 0 heterocycles. The number of carbonyl (C=O) groups is 1. The van der Waals surface area contributed by atoms with E-state index >= 15 is 0 Å². The molecular weight excluding hydrogens is 192 g/mol. The van der Waals surface area contributed by atoms with Crippen LogP contribution in [0.2, 0.25) is 0 Å². The molecule has 0 radical (unpaired) electrons. The predicted molar refractivity (Wildman–Crippen MR) is 61.0 cm³/mol. The summed E-state index contributed by atoms with van der Waals surface area (Å²) in [6.45, 7) is 11.4. The third-order valence-electron chi connectivity index (χ3n) is 1.85. The van der Waals surface area contributed by atoms with Gasteiger partial charge in [0, 0.05) is 13.2 Å². The summed E-state index contributed by atoms with van der Waals surface area (Å²) in [4.78, 5) is 10.6. The van der Waals surface area contributed by atoms with E-state index in [1.807, 2.05) is 20.8 Å². The second-order valence-corrected chi connectivity index (χ2v) is 5.07. The molecule has 3 heteroatoms. The Morgan fingerprint density at radius 2 is 1.93 bits per heavy atom. The number of hydrogen-bond acceptors (Lipinski definition) is 3. The standard InChI is InChI=1S/C12H24O3/c1-10(8-14-9-11(2)13)6-7-15-12(3,4)5/h10H,6-9H2,1-5H3. The van der Waals surface area contributed by atoms with Crippen molar-refractivity contribution in [1.82, 2.24) is 0 Å². The van der Waals surface area contributed by atoms with Gasteiger partial charge in [0.1, 0.15) is 6.61 Å². The molecule has 90 valence electrons. The SMILES string of the molecule is CC(=O)COCC(C)CCOC(C)(C)C. The Hall–Kier alpha value is -0.410. The average Bonchev–Trinajstić information content (AvgIpc) is 2.00. The Morgan fingerprint density at radius 3 is 2.40 bits per heavy atom. The Kier molecular flexibility index (Phi) is 6.77. The lowest BCUT2D eigenvalue weighted by Gasteiger charge is -2.20. The van der Waals surface area contributed by atoms with Gasteiger partial charge in [-0.25, -0.2) is 0 Å². The second kappa shape index (κ2) is 6.96. The quantitative estimate of drug-likeness (QED) is 0.655. The fourth-order valence-corrected chi connectivity index (χ4v) is 1.05. The molecule has 15 heavy (non-hydrogen) atoms. The van der Waals surface area contributed by atoms with E-state index in [0.717, 1.165) is 13.0 Å². The Morgan fingerprint density at radius 1 is 1.33 bits per heavy atom. The summed E-state index contributed by atoms with van der Waals surface area (Å²) in [6, 6.07) is 0. The summed E-state index contributed by atoms with van der Waals surface area (Å²) in [5.41, 5.74) is -0.0695. The van der Waals surface area contributed by atoms with Gasteiger partial charge in [-0.1, -0.05) is 6.92 Å². The number of hydrogen-bond donors (Lipinski definition) is 0. The van der Waals surface area contributed by atoms with Crippen molar-refractivity contribution in [3.63, 3.8) is 0 Å². The molecule has 0 bridgehead atoms. The number of carbonyl (C=O) groups excluding carboxylic acids is 1. The van der Waals surface area contributed by atoms with Crippen LogP contribution >= 0.6 is 0 Å². The van der Waals surface area contributed by atoms with Crippen molar-refractivity contribution in [1.29, 1.82) is 0 Å². The summed E-state index contributed by atoms with van der Waals surface area (Å²) in [7, 11) is 0. The molecule has 0 N–H and O–H groups in total. The molecule has 0 aliphatic carbocycles. The molecule has 0 aromatic rings. The summed E-state index contributed by atoms with van der Waals surface area (Å²) in [5, 5.41) is 0. The van der Waals surface area contributed by atoms with Crippen LogP contribution in [0, 0.1) is 5.92 Å². The van der Waals surface area contributed by atoms with Crippen LogP contribution in [-0.2, 0) is 14.3 Å². The van der Waals surface area contributed by atoms with E-state index in [9.17, 15) is 4.79 Å². The fraction of sp³-hybridized carbons (Fsp3) is 0.917. The van der Waals surface area contributed by atoms with E-state index in [1.165, 1.54) is 6.92 Å². The summed E-state index contributed by atoms with van der Waals surface area (Å²) >= 11 is 0. The molecular formula is C12H24O3. The third kappa shape index (κ3) is 11.5. The van der Waals surface area contributed by atoms with Gasteiger partial charge in [0.05, 0.1) is 5.60 Å². The summed E-state index contributed by atoms with van der Waals surface area (Å²) in [5.74, 6) is 0.514. The van der Waals surface area contributed by atoms with Gasteiger partial charge in [-0.05, 0) is 40.0 Å². The molecule has 0 spiro atoms. The molecule has 3 nitrogen and oxygen atoms in total. The van der Waals surface area contributed by atoms with Crippen LogP contribution in [0.25, 0.3) is 0 Å². The van der Waals surface area contributed by atoms with E-state index in [0.29, 0.717) is 12.5 Å². The van der Waals surface area contributed by atoms with E-state index in [2.05, 4.69) is 6.92 Å². The first kappa shape index (κ1) is 14.6. The Labute approximate surface area is 93.1 Å². The van der Waals surface area contributed by atoms with Crippen LogP contribution in [0.15, 0.2) is 0 Å². The summed E-state index contributed by atoms with van der Waals surface area (Å²) < 4.78 is 10.8.